The molecule has 0 saturated carbocycles. The minimum atomic E-state index is -0.909. The van der Waals surface area contributed by atoms with Gasteiger partial charge in [-0.2, -0.15) is 5.26 Å². The number of pyridine rings is 1. The fraction of sp³-hybridized carbons (Fsp3) is 0.133. The highest BCUT2D eigenvalue weighted by Gasteiger charge is 2.08. The maximum Gasteiger partial charge on any atom is 0.307 e. The number of hydrogen-bond donors (Lipinski definition) is 1. The van der Waals surface area contributed by atoms with Crippen molar-refractivity contribution in [2.45, 2.75) is 13.3 Å². The summed E-state index contributed by atoms with van der Waals surface area (Å²) in [5.41, 5.74) is 1.70. The van der Waals surface area contributed by atoms with Crippen molar-refractivity contribution >= 4 is 5.97 Å². The van der Waals surface area contributed by atoms with Crippen LogP contribution in [0.2, 0.25) is 0 Å². The summed E-state index contributed by atoms with van der Waals surface area (Å²) in [4.78, 5) is 14.9. The Morgan fingerprint density at radius 3 is 2.90 bits per heavy atom. The van der Waals surface area contributed by atoms with Gasteiger partial charge in [0.2, 0.25) is 5.88 Å². The normalized spacial score (nSPS) is 9.80. The van der Waals surface area contributed by atoms with E-state index in [-0.39, 0.29) is 12.3 Å². The molecule has 2 aromatic rings. The molecule has 0 aliphatic rings. The third kappa shape index (κ3) is 3.33. The highest BCUT2D eigenvalue weighted by atomic mass is 16.5. The molecule has 0 aliphatic carbocycles. The quantitative estimate of drug-likeness (QED) is 0.921. The first kappa shape index (κ1) is 13.6. The van der Waals surface area contributed by atoms with Gasteiger partial charge in [-0.1, -0.05) is 12.1 Å². The van der Waals surface area contributed by atoms with Gasteiger partial charge in [0, 0.05) is 5.69 Å². The molecule has 20 heavy (non-hydrogen) atoms. The van der Waals surface area contributed by atoms with Crippen molar-refractivity contribution in [2.24, 2.45) is 0 Å². The lowest BCUT2D eigenvalue weighted by Gasteiger charge is -2.08. The summed E-state index contributed by atoms with van der Waals surface area (Å²) in [7, 11) is 0. The first-order valence-electron chi connectivity index (χ1n) is 5.95. The molecule has 0 saturated heterocycles. The third-order valence-electron chi connectivity index (χ3n) is 2.59. The lowest BCUT2D eigenvalue weighted by molar-refractivity contribution is -0.136. The zero-order chi connectivity index (χ0) is 14.5. The summed E-state index contributed by atoms with van der Waals surface area (Å²) in [5, 5.41) is 17.8. The zero-order valence-corrected chi connectivity index (χ0v) is 10.8. The van der Waals surface area contributed by atoms with Crippen LogP contribution in [0.4, 0.5) is 0 Å². The van der Waals surface area contributed by atoms with E-state index in [2.05, 4.69) is 4.98 Å². The van der Waals surface area contributed by atoms with E-state index in [1.807, 2.05) is 6.07 Å². The highest BCUT2D eigenvalue weighted by molar-refractivity contribution is 5.70. The Morgan fingerprint density at radius 1 is 1.40 bits per heavy atom. The molecule has 0 bridgehead atoms. The Hall–Kier alpha value is -2.87. The van der Waals surface area contributed by atoms with Gasteiger partial charge in [-0.25, -0.2) is 4.98 Å². The number of aromatic nitrogens is 1. The van der Waals surface area contributed by atoms with E-state index in [4.69, 9.17) is 15.1 Å². The summed E-state index contributed by atoms with van der Waals surface area (Å²) < 4.78 is 5.58. The zero-order valence-electron chi connectivity index (χ0n) is 10.8. The van der Waals surface area contributed by atoms with E-state index >= 15 is 0 Å². The Morgan fingerprint density at radius 2 is 2.20 bits per heavy atom. The van der Waals surface area contributed by atoms with Crippen LogP contribution in [0.5, 0.6) is 11.6 Å². The molecule has 1 N–H and O–H groups in total. The molecular formula is C15H12N2O3. The number of nitriles is 1. The second-order valence-corrected chi connectivity index (χ2v) is 4.24. The van der Waals surface area contributed by atoms with Crippen LogP contribution in [0, 0.1) is 18.3 Å². The Kier molecular flexibility index (Phi) is 3.96. The standard InChI is InChI=1S/C15H12N2O3/c1-10-5-6-12(9-16)15(17-10)20-13-4-2-3-11(7-13)8-14(18)19/h2-7H,8H2,1H3,(H,18,19). The fourth-order valence-electron chi connectivity index (χ4n) is 1.70. The van der Waals surface area contributed by atoms with Crippen LogP contribution < -0.4 is 4.74 Å². The molecule has 0 radical (unpaired) electrons. The van der Waals surface area contributed by atoms with E-state index in [0.717, 1.165) is 5.69 Å². The number of ether oxygens (including phenoxy) is 1. The number of carboxylic acid groups (broad SMARTS) is 1. The lowest BCUT2D eigenvalue weighted by atomic mass is 10.1. The maximum atomic E-state index is 10.7. The molecule has 1 aromatic carbocycles. The van der Waals surface area contributed by atoms with Crippen LogP contribution in [0.1, 0.15) is 16.8 Å². The van der Waals surface area contributed by atoms with Crippen LogP contribution in [0.25, 0.3) is 0 Å². The van der Waals surface area contributed by atoms with Crippen molar-refractivity contribution in [1.29, 1.82) is 5.26 Å². The van der Waals surface area contributed by atoms with E-state index in [0.29, 0.717) is 16.9 Å². The second-order valence-electron chi connectivity index (χ2n) is 4.24. The van der Waals surface area contributed by atoms with Crippen molar-refractivity contribution in [3.8, 4) is 17.7 Å². The first-order valence-corrected chi connectivity index (χ1v) is 5.95. The SMILES string of the molecule is Cc1ccc(C#N)c(Oc2cccc(CC(=O)O)c2)n1. The van der Waals surface area contributed by atoms with Crippen molar-refractivity contribution in [1.82, 2.24) is 4.98 Å². The molecule has 1 aromatic heterocycles. The molecule has 100 valence electrons. The second kappa shape index (κ2) is 5.85. The van der Waals surface area contributed by atoms with Gasteiger partial charge < -0.3 is 9.84 Å². The van der Waals surface area contributed by atoms with Gasteiger partial charge >= 0.3 is 5.97 Å². The average Bonchev–Trinajstić information content (AvgIpc) is 2.38. The van der Waals surface area contributed by atoms with Gasteiger partial charge in [0.15, 0.2) is 0 Å². The van der Waals surface area contributed by atoms with E-state index in [1.165, 1.54) is 0 Å². The third-order valence-corrected chi connectivity index (χ3v) is 2.59. The van der Waals surface area contributed by atoms with Gasteiger partial charge in [0.25, 0.3) is 0 Å². The number of hydrogen-bond acceptors (Lipinski definition) is 4. The summed E-state index contributed by atoms with van der Waals surface area (Å²) in [6.45, 7) is 1.80. The van der Waals surface area contributed by atoms with Crippen molar-refractivity contribution in [3.05, 3.63) is 53.2 Å². The molecule has 5 heteroatoms. The number of aliphatic carboxylic acids is 1. The molecular weight excluding hydrogens is 256 g/mol. The van der Waals surface area contributed by atoms with E-state index in [1.54, 1.807) is 43.3 Å². The van der Waals surface area contributed by atoms with Crippen LogP contribution in [0.3, 0.4) is 0 Å². The van der Waals surface area contributed by atoms with E-state index in [9.17, 15) is 4.79 Å². The van der Waals surface area contributed by atoms with Crippen LogP contribution in [-0.4, -0.2) is 16.1 Å². The van der Waals surface area contributed by atoms with Gasteiger partial charge in [0.05, 0.1) is 6.42 Å². The topological polar surface area (TPSA) is 83.2 Å². The lowest BCUT2D eigenvalue weighted by Crippen LogP contribution is -2.00. The van der Waals surface area contributed by atoms with Crippen LogP contribution in [0.15, 0.2) is 36.4 Å². The smallest absolute Gasteiger partial charge is 0.307 e. The molecule has 0 unspecified atom stereocenters. The fourth-order valence-corrected chi connectivity index (χ4v) is 1.70. The van der Waals surface area contributed by atoms with Crippen LogP contribution in [-0.2, 0) is 11.2 Å². The maximum absolute atomic E-state index is 10.7. The van der Waals surface area contributed by atoms with E-state index < -0.39 is 5.97 Å². The molecule has 0 spiro atoms. The molecule has 5 nitrogen and oxygen atoms in total. The first-order chi connectivity index (χ1) is 9.58. The molecule has 2 rings (SSSR count). The van der Waals surface area contributed by atoms with Crippen molar-refractivity contribution < 1.29 is 14.6 Å². The molecule has 0 aliphatic heterocycles. The minimum Gasteiger partial charge on any atom is -0.481 e. The number of rotatable bonds is 4. The van der Waals surface area contributed by atoms with Crippen LogP contribution >= 0.6 is 0 Å². The predicted molar refractivity (Wildman–Crippen MR) is 71.5 cm³/mol. The summed E-state index contributed by atoms with van der Waals surface area (Å²) in [5.74, 6) is -0.230. The Balaban J connectivity index is 2.28. The minimum absolute atomic E-state index is 0.0798. The van der Waals surface area contributed by atoms with Gasteiger partial charge in [0.1, 0.15) is 17.4 Å². The monoisotopic (exact) mass is 268 g/mol. The number of aryl methyl sites for hydroxylation is 1. The predicted octanol–water partition coefficient (Wildman–Crippen LogP) is 2.68. The molecule has 1 heterocycles. The summed E-state index contributed by atoms with van der Waals surface area (Å²) >= 11 is 0. The number of carboxylic acids is 1. The van der Waals surface area contributed by atoms with Gasteiger partial charge in [-0.3, -0.25) is 4.79 Å². The molecule has 0 amide bonds. The number of benzene rings is 1. The largest absolute Gasteiger partial charge is 0.481 e. The average molecular weight is 268 g/mol. The number of nitrogens with zero attached hydrogens (tertiary/aromatic N) is 2. The van der Waals surface area contributed by atoms with Crippen molar-refractivity contribution in [2.75, 3.05) is 0 Å². The number of carbonyl (C=O) groups is 1. The molecule has 0 atom stereocenters. The summed E-state index contributed by atoms with van der Waals surface area (Å²) in [6, 6.07) is 12.1. The Bertz CT molecular complexity index is 690. The highest BCUT2D eigenvalue weighted by Crippen LogP contribution is 2.24. The van der Waals surface area contributed by atoms with Crippen molar-refractivity contribution in [3.63, 3.8) is 0 Å². The Labute approximate surface area is 116 Å². The van der Waals surface area contributed by atoms with Gasteiger partial charge in [-0.15, -0.1) is 0 Å². The molecule has 0 fully saturated rings. The summed E-state index contributed by atoms with van der Waals surface area (Å²) in [6.07, 6.45) is -0.0798. The van der Waals surface area contributed by atoms with Gasteiger partial charge in [-0.05, 0) is 36.8 Å².